The second-order valence-electron chi connectivity index (χ2n) is 6.00. The van der Waals surface area contributed by atoms with E-state index in [0.29, 0.717) is 0 Å². The van der Waals surface area contributed by atoms with Crippen molar-refractivity contribution in [2.45, 2.75) is 50.6 Å². The van der Waals surface area contributed by atoms with Crippen molar-refractivity contribution in [1.82, 2.24) is 15.1 Å². The van der Waals surface area contributed by atoms with E-state index in [1.807, 2.05) is 0 Å². The van der Waals surface area contributed by atoms with Crippen LogP contribution in [0.5, 0.6) is 0 Å². The minimum absolute atomic E-state index is 0.802. The van der Waals surface area contributed by atoms with Crippen LogP contribution in [0.1, 0.15) is 38.5 Å². The first-order valence-electron chi connectivity index (χ1n) is 7.63. The first-order chi connectivity index (χ1) is 8.43. The number of likely N-dealkylation sites (tertiary alicyclic amines) is 2. The summed E-state index contributed by atoms with van der Waals surface area (Å²) in [5, 5.41) is 3.70. The molecule has 0 spiro atoms. The molecule has 0 saturated carbocycles. The lowest BCUT2D eigenvalue weighted by Crippen LogP contribution is -2.46. The number of hydrogen-bond acceptors (Lipinski definition) is 3. The molecule has 1 N–H and O–H groups in total. The summed E-state index contributed by atoms with van der Waals surface area (Å²) in [5.41, 5.74) is 0. The fourth-order valence-electron chi connectivity index (χ4n) is 3.90. The number of nitrogens with zero attached hydrogens (tertiary/aromatic N) is 2. The maximum atomic E-state index is 3.70. The Morgan fingerprint density at radius 1 is 0.882 bits per heavy atom. The van der Waals surface area contributed by atoms with Crippen molar-refractivity contribution in [1.29, 1.82) is 0 Å². The molecule has 0 aromatic heterocycles. The average Bonchev–Trinajstić information content (AvgIpc) is 3.09. The molecule has 17 heavy (non-hydrogen) atoms. The Bertz CT molecular complexity index is 232. The highest BCUT2D eigenvalue weighted by Gasteiger charge is 2.32. The van der Waals surface area contributed by atoms with Crippen LogP contribution in [0, 0.1) is 0 Å². The molecule has 0 bridgehead atoms. The van der Waals surface area contributed by atoms with Crippen LogP contribution in [-0.2, 0) is 0 Å². The summed E-state index contributed by atoms with van der Waals surface area (Å²) < 4.78 is 0. The van der Waals surface area contributed by atoms with Crippen LogP contribution in [0.4, 0.5) is 0 Å². The van der Waals surface area contributed by atoms with E-state index >= 15 is 0 Å². The minimum Gasteiger partial charge on any atom is -0.312 e. The van der Waals surface area contributed by atoms with E-state index < -0.39 is 0 Å². The van der Waals surface area contributed by atoms with Crippen molar-refractivity contribution in [3.63, 3.8) is 0 Å². The quantitative estimate of drug-likeness (QED) is 0.795. The van der Waals surface area contributed by atoms with E-state index in [1.165, 1.54) is 77.8 Å². The fourth-order valence-corrected chi connectivity index (χ4v) is 3.90. The molecule has 3 nitrogen and oxygen atoms in total. The molecule has 3 saturated heterocycles. The van der Waals surface area contributed by atoms with Crippen molar-refractivity contribution in [3.05, 3.63) is 0 Å². The number of nitrogens with one attached hydrogen (secondary N) is 1. The van der Waals surface area contributed by atoms with Crippen LogP contribution in [0.3, 0.4) is 0 Å². The molecule has 98 valence electrons. The monoisotopic (exact) mass is 237 g/mol. The first kappa shape index (κ1) is 11.9. The normalized spacial score (nSPS) is 36.0. The van der Waals surface area contributed by atoms with Crippen molar-refractivity contribution < 1.29 is 0 Å². The van der Waals surface area contributed by atoms with Crippen LogP contribution >= 0.6 is 0 Å². The van der Waals surface area contributed by atoms with Gasteiger partial charge in [-0.1, -0.05) is 0 Å². The molecule has 3 aliphatic heterocycles. The molecule has 3 heteroatoms. The smallest absolute Gasteiger partial charge is 0.0250 e. The van der Waals surface area contributed by atoms with Gasteiger partial charge in [-0.3, -0.25) is 4.90 Å². The second kappa shape index (κ2) is 5.68. The summed E-state index contributed by atoms with van der Waals surface area (Å²) in [6, 6.07) is 1.65. The Kier molecular flexibility index (Phi) is 3.99. The van der Waals surface area contributed by atoms with Gasteiger partial charge in [0.25, 0.3) is 0 Å². The molecular formula is C14H27N3. The molecule has 0 aromatic rings. The third-order valence-electron chi connectivity index (χ3n) is 4.88. The summed E-state index contributed by atoms with van der Waals surface area (Å²) in [5.74, 6) is 0. The van der Waals surface area contributed by atoms with Gasteiger partial charge in [0.2, 0.25) is 0 Å². The molecule has 0 aromatic carbocycles. The largest absolute Gasteiger partial charge is 0.312 e. The van der Waals surface area contributed by atoms with Crippen molar-refractivity contribution in [2.75, 3.05) is 39.3 Å². The van der Waals surface area contributed by atoms with Crippen molar-refractivity contribution in [3.8, 4) is 0 Å². The molecule has 3 heterocycles. The molecule has 3 fully saturated rings. The standard InChI is InChI=1S/C14H27N3/c1-2-9-16(8-1)11-12-17-10-4-6-14(17)13-5-3-7-15-13/h13-15H,1-12H2. The third kappa shape index (κ3) is 2.83. The molecule has 2 unspecified atom stereocenters. The molecule has 2 atom stereocenters. The maximum Gasteiger partial charge on any atom is 0.0250 e. The number of rotatable bonds is 4. The van der Waals surface area contributed by atoms with Gasteiger partial charge in [-0.15, -0.1) is 0 Å². The molecule has 0 radical (unpaired) electrons. The summed E-state index contributed by atoms with van der Waals surface area (Å²) in [6.07, 6.45) is 8.49. The summed E-state index contributed by atoms with van der Waals surface area (Å²) in [6.45, 7) is 7.91. The van der Waals surface area contributed by atoms with Gasteiger partial charge >= 0.3 is 0 Å². The summed E-state index contributed by atoms with van der Waals surface area (Å²) in [4.78, 5) is 5.42. The lowest BCUT2D eigenvalue weighted by molar-refractivity contribution is 0.186. The van der Waals surface area contributed by atoms with E-state index in [4.69, 9.17) is 0 Å². The second-order valence-corrected chi connectivity index (χ2v) is 6.00. The number of hydrogen-bond donors (Lipinski definition) is 1. The molecule has 0 amide bonds. The summed E-state index contributed by atoms with van der Waals surface area (Å²) in [7, 11) is 0. The van der Waals surface area contributed by atoms with Gasteiger partial charge in [0.05, 0.1) is 0 Å². The van der Waals surface area contributed by atoms with Gasteiger partial charge in [-0.2, -0.15) is 0 Å². The maximum absolute atomic E-state index is 3.70. The van der Waals surface area contributed by atoms with Crippen LogP contribution in [0.25, 0.3) is 0 Å². The van der Waals surface area contributed by atoms with Crippen molar-refractivity contribution >= 4 is 0 Å². The molecule has 3 aliphatic rings. The molecule has 3 rings (SSSR count). The summed E-state index contributed by atoms with van der Waals surface area (Å²) >= 11 is 0. The van der Waals surface area contributed by atoms with Gasteiger partial charge in [-0.05, 0) is 64.7 Å². The van der Waals surface area contributed by atoms with Gasteiger partial charge < -0.3 is 10.2 Å². The van der Waals surface area contributed by atoms with Gasteiger partial charge in [0.1, 0.15) is 0 Å². The predicted molar refractivity (Wildman–Crippen MR) is 71.3 cm³/mol. The Morgan fingerprint density at radius 3 is 2.53 bits per heavy atom. The van der Waals surface area contributed by atoms with Crippen LogP contribution in [0.15, 0.2) is 0 Å². The highest BCUT2D eigenvalue weighted by atomic mass is 15.2. The third-order valence-corrected chi connectivity index (χ3v) is 4.88. The highest BCUT2D eigenvalue weighted by Crippen LogP contribution is 2.24. The lowest BCUT2D eigenvalue weighted by atomic mass is 10.0. The van der Waals surface area contributed by atoms with Crippen LogP contribution < -0.4 is 5.32 Å². The van der Waals surface area contributed by atoms with E-state index in [9.17, 15) is 0 Å². The topological polar surface area (TPSA) is 18.5 Å². The SMILES string of the molecule is C1CNC(C2CCCN2CCN2CCCC2)C1. The molecule has 0 aliphatic carbocycles. The van der Waals surface area contributed by atoms with Gasteiger partial charge in [-0.25, -0.2) is 0 Å². The first-order valence-corrected chi connectivity index (χ1v) is 7.63. The molecular weight excluding hydrogens is 210 g/mol. The Hall–Kier alpha value is -0.120. The van der Waals surface area contributed by atoms with Crippen LogP contribution in [0.2, 0.25) is 0 Å². The fraction of sp³-hybridized carbons (Fsp3) is 1.00. The van der Waals surface area contributed by atoms with E-state index in [0.717, 1.165) is 12.1 Å². The zero-order valence-corrected chi connectivity index (χ0v) is 11.0. The Morgan fingerprint density at radius 2 is 1.76 bits per heavy atom. The zero-order chi connectivity index (χ0) is 11.5. The van der Waals surface area contributed by atoms with E-state index in [2.05, 4.69) is 15.1 Å². The Balaban J connectivity index is 1.47. The average molecular weight is 237 g/mol. The van der Waals surface area contributed by atoms with Crippen LogP contribution in [-0.4, -0.2) is 61.2 Å². The highest BCUT2D eigenvalue weighted by molar-refractivity contribution is 4.92. The predicted octanol–water partition coefficient (Wildman–Crippen LogP) is 1.30. The minimum atomic E-state index is 0.802. The van der Waals surface area contributed by atoms with Crippen molar-refractivity contribution in [2.24, 2.45) is 0 Å². The zero-order valence-electron chi connectivity index (χ0n) is 11.0. The Labute approximate surface area is 106 Å². The lowest BCUT2D eigenvalue weighted by Gasteiger charge is -2.30. The van der Waals surface area contributed by atoms with Gasteiger partial charge in [0, 0.05) is 25.2 Å². The van der Waals surface area contributed by atoms with Gasteiger partial charge in [0.15, 0.2) is 0 Å². The van der Waals surface area contributed by atoms with E-state index in [1.54, 1.807) is 0 Å². The van der Waals surface area contributed by atoms with E-state index in [-0.39, 0.29) is 0 Å².